The lowest BCUT2D eigenvalue weighted by Crippen LogP contribution is -2.37. The summed E-state index contributed by atoms with van der Waals surface area (Å²) < 4.78 is 32.8. The molecule has 0 atom stereocenters. The third kappa shape index (κ3) is 4.65. The molecular weight excluding hydrogens is 497 g/mol. The molecule has 1 amide bonds. The van der Waals surface area contributed by atoms with Crippen LogP contribution in [0.15, 0.2) is 51.9 Å². The fraction of sp³-hybridized carbons (Fsp3) is 0.238. The standard InChI is InChI=1S/C21H18Cl3N3O4S/c22-14-5-6-17(24)19(11-14)32(29,30)27-10-8-18-15(12-27)20(26-31-18)21(28)25-9-7-13-3-1-2-4-16(13)23/h1-6,11H,7-10,12H2,(H,25,28). The van der Waals surface area contributed by atoms with Crippen LogP contribution in [0.4, 0.5) is 0 Å². The molecule has 168 valence electrons. The van der Waals surface area contributed by atoms with Crippen LogP contribution < -0.4 is 5.32 Å². The summed E-state index contributed by atoms with van der Waals surface area (Å²) in [5.41, 5.74) is 1.41. The first kappa shape index (κ1) is 23.1. The first-order chi connectivity index (χ1) is 15.3. The van der Waals surface area contributed by atoms with E-state index in [0.29, 0.717) is 29.3 Å². The number of sulfonamides is 1. The average molecular weight is 515 g/mol. The minimum atomic E-state index is -3.93. The van der Waals surface area contributed by atoms with Gasteiger partial charge < -0.3 is 9.84 Å². The predicted molar refractivity (Wildman–Crippen MR) is 122 cm³/mol. The largest absolute Gasteiger partial charge is 0.360 e. The monoisotopic (exact) mass is 513 g/mol. The number of hydrogen-bond acceptors (Lipinski definition) is 5. The fourth-order valence-electron chi connectivity index (χ4n) is 3.48. The second-order valence-electron chi connectivity index (χ2n) is 7.19. The number of fused-ring (bicyclic) bond motifs is 1. The van der Waals surface area contributed by atoms with Crippen LogP contribution in [0.1, 0.15) is 27.4 Å². The molecule has 0 saturated carbocycles. The Morgan fingerprint density at radius 3 is 2.69 bits per heavy atom. The van der Waals surface area contributed by atoms with Gasteiger partial charge in [-0.25, -0.2) is 8.42 Å². The number of halogens is 3. The van der Waals surface area contributed by atoms with Crippen LogP contribution in [0.3, 0.4) is 0 Å². The Morgan fingerprint density at radius 1 is 1.12 bits per heavy atom. The molecule has 0 fully saturated rings. The molecule has 0 radical (unpaired) electrons. The van der Waals surface area contributed by atoms with Gasteiger partial charge in [0, 0.05) is 41.7 Å². The summed E-state index contributed by atoms with van der Waals surface area (Å²) >= 11 is 18.2. The van der Waals surface area contributed by atoms with Crippen molar-refractivity contribution in [3.05, 3.63) is 80.1 Å². The van der Waals surface area contributed by atoms with Gasteiger partial charge >= 0.3 is 0 Å². The molecule has 0 aliphatic carbocycles. The van der Waals surface area contributed by atoms with Gasteiger partial charge in [-0.1, -0.05) is 58.2 Å². The van der Waals surface area contributed by atoms with Gasteiger partial charge in [-0.15, -0.1) is 0 Å². The van der Waals surface area contributed by atoms with Gasteiger partial charge in [0.2, 0.25) is 10.0 Å². The number of aromatic nitrogens is 1. The highest BCUT2D eigenvalue weighted by Crippen LogP contribution is 2.31. The quantitative estimate of drug-likeness (QED) is 0.528. The molecule has 2 aromatic carbocycles. The van der Waals surface area contributed by atoms with E-state index in [4.69, 9.17) is 39.3 Å². The van der Waals surface area contributed by atoms with Gasteiger partial charge in [0.05, 0.1) is 5.02 Å². The number of rotatable bonds is 6. The van der Waals surface area contributed by atoms with Crippen molar-refractivity contribution in [3.63, 3.8) is 0 Å². The summed E-state index contributed by atoms with van der Waals surface area (Å²) in [5, 5.41) is 7.62. The maximum atomic E-state index is 13.2. The van der Waals surface area contributed by atoms with Crippen molar-refractivity contribution in [1.82, 2.24) is 14.8 Å². The van der Waals surface area contributed by atoms with Crippen LogP contribution in [0, 0.1) is 0 Å². The van der Waals surface area contributed by atoms with E-state index in [1.807, 2.05) is 18.2 Å². The van der Waals surface area contributed by atoms with Gasteiger partial charge in [0.1, 0.15) is 10.7 Å². The van der Waals surface area contributed by atoms with Gasteiger partial charge in [-0.05, 0) is 36.2 Å². The second-order valence-corrected chi connectivity index (χ2v) is 10.4. The molecule has 11 heteroatoms. The van der Waals surface area contributed by atoms with Crippen LogP contribution in [0.25, 0.3) is 0 Å². The van der Waals surface area contributed by atoms with Gasteiger partial charge in [-0.3, -0.25) is 4.79 Å². The Bertz CT molecular complexity index is 1280. The molecule has 32 heavy (non-hydrogen) atoms. The Labute approximate surface area is 200 Å². The van der Waals surface area contributed by atoms with E-state index in [2.05, 4.69) is 10.5 Å². The van der Waals surface area contributed by atoms with Crippen LogP contribution in [0.5, 0.6) is 0 Å². The predicted octanol–water partition coefficient (Wildman–Crippen LogP) is 4.35. The average Bonchev–Trinajstić information content (AvgIpc) is 3.20. The SMILES string of the molecule is O=C(NCCc1ccccc1Cl)c1noc2c1CN(S(=O)(=O)c1cc(Cl)ccc1Cl)CC2. The smallest absolute Gasteiger partial charge is 0.273 e. The summed E-state index contributed by atoms with van der Waals surface area (Å²) in [6.07, 6.45) is 0.825. The van der Waals surface area contributed by atoms with Crippen LogP contribution in [-0.2, 0) is 29.4 Å². The zero-order valence-electron chi connectivity index (χ0n) is 16.6. The first-order valence-corrected chi connectivity index (χ1v) is 12.3. The van der Waals surface area contributed by atoms with Gasteiger partial charge in [0.25, 0.3) is 5.91 Å². The van der Waals surface area contributed by atoms with Crippen molar-refractivity contribution in [1.29, 1.82) is 0 Å². The minimum absolute atomic E-state index is 0.0583. The molecule has 4 rings (SSSR count). The zero-order valence-corrected chi connectivity index (χ0v) is 19.7. The van der Waals surface area contributed by atoms with Crippen molar-refractivity contribution >= 4 is 50.7 Å². The summed E-state index contributed by atoms with van der Waals surface area (Å²) in [6.45, 7) is 0.447. The molecular formula is C21H18Cl3N3O4S. The molecule has 1 aliphatic rings. The zero-order chi connectivity index (χ0) is 22.9. The van der Waals surface area contributed by atoms with Crippen molar-refractivity contribution in [2.45, 2.75) is 24.3 Å². The summed E-state index contributed by atoms with van der Waals surface area (Å²) in [4.78, 5) is 12.6. The second kappa shape index (κ2) is 9.41. The Balaban J connectivity index is 1.49. The van der Waals surface area contributed by atoms with Crippen molar-refractivity contribution in [2.24, 2.45) is 0 Å². The summed E-state index contributed by atoms with van der Waals surface area (Å²) in [5.74, 6) is 0.0481. The third-order valence-electron chi connectivity index (χ3n) is 5.16. The molecule has 2 heterocycles. The van der Waals surface area contributed by atoms with Crippen LogP contribution in [-0.4, -0.2) is 36.9 Å². The number of carbonyl (C=O) groups excluding carboxylic acids is 1. The normalized spacial score (nSPS) is 14.2. The Hall–Kier alpha value is -2.10. The van der Waals surface area contributed by atoms with E-state index in [0.717, 1.165) is 5.56 Å². The van der Waals surface area contributed by atoms with E-state index in [1.165, 1.54) is 22.5 Å². The molecule has 1 aliphatic heterocycles. The van der Waals surface area contributed by atoms with Crippen LogP contribution >= 0.6 is 34.8 Å². The molecule has 1 aromatic heterocycles. The molecule has 1 N–H and O–H groups in total. The fourth-order valence-corrected chi connectivity index (χ4v) is 5.85. The minimum Gasteiger partial charge on any atom is -0.360 e. The maximum Gasteiger partial charge on any atom is 0.273 e. The highest BCUT2D eigenvalue weighted by Gasteiger charge is 2.35. The van der Waals surface area contributed by atoms with Crippen molar-refractivity contribution in [3.8, 4) is 0 Å². The molecule has 0 bridgehead atoms. The number of nitrogens with zero attached hydrogens (tertiary/aromatic N) is 2. The number of carbonyl (C=O) groups is 1. The van der Waals surface area contributed by atoms with Crippen molar-refractivity contribution in [2.75, 3.05) is 13.1 Å². The molecule has 0 unspecified atom stereocenters. The number of amides is 1. The van der Waals surface area contributed by atoms with E-state index in [1.54, 1.807) is 6.07 Å². The lowest BCUT2D eigenvalue weighted by molar-refractivity contribution is 0.0944. The van der Waals surface area contributed by atoms with E-state index in [-0.39, 0.29) is 40.1 Å². The first-order valence-electron chi connectivity index (χ1n) is 9.71. The summed E-state index contributed by atoms with van der Waals surface area (Å²) in [6, 6.07) is 11.6. The van der Waals surface area contributed by atoms with Gasteiger partial charge in [0.15, 0.2) is 5.69 Å². The molecule has 7 nitrogen and oxygen atoms in total. The Kier molecular flexibility index (Phi) is 6.78. The number of nitrogens with one attached hydrogen (secondary N) is 1. The van der Waals surface area contributed by atoms with E-state index in [9.17, 15) is 13.2 Å². The van der Waals surface area contributed by atoms with E-state index >= 15 is 0 Å². The lowest BCUT2D eigenvalue weighted by atomic mass is 10.1. The highest BCUT2D eigenvalue weighted by molar-refractivity contribution is 7.89. The number of benzene rings is 2. The van der Waals surface area contributed by atoms with Crippen LogP contribution in [0.2, 0.25) is 15.1 Å². The van der Waals surface area contributed by atoms with E-state index < -0.39 is 15.9 Å². The highest BCUT2D eigenvalue weighted by atomic mass is 35.5. The molecule has 3 aromatic rings. The molecule has 0 saturated heterocycles. The molecule has 0 spiro atoms. The number of hydrogen-bond donors (Lipinski definition) is 1. The maximum absolute atomic E-state index is 13.2. The lowest BCUT2D eigenvalue weighted by Gasteiger charge is -2.26. The topological polar surface area (TPSA) is 92.5 Å². The Morgan fingerprint density at radius 2 is 1.91 bits per heavy atom. The third-order valence-corrected chi connectivity index (χ3v) is 8.09. The summed E-state index contributed by atoms with van der Waals surface area (Å²) in [7, 11) is -3.93. The van der Waals surface area contributed by atoms with Gasteiger partial charge in [-0.2, -0.15) is 4.31 Å². The van der Waals surface area contributed by atoms with Crippen molar-refractivity contribution < 1.29 is 17.7 Å².